The molecule has 0 radical (unpaired) electrons. The van der Waals surface area contributed by atoms with Gasteiger partial charge in [0.25, 0.3) is 0 Å². The number of piperazine rings is 1. The highest BCUT2D eigenvalue weighted by molar-refractivity contribution is 6.26. The van der Waals surface area contributed by atoms with Crippen LogP contribution in [0.15, 0.2) is 42.5 Å². The molecule has 2 fully saturated rings. The third-order valence-electron chi connectivity index (χ3n) is 8.23. The van der Waals surface area contributed by atoms with Gasteiger partial charge < -0.3 is 19.7 Å². The van der Waals surface area contributed by atoms with Crippen molar-refractivity contribution in [2.75, 3.05) is 71.0 Å². The van der Waals surface area contributed by atoms with Crippen LogP contribution in [0, 0.1) is 0 Å². The molecule has 2 aromatic carbocycles. The molecule has 11 nitrogen and oxygen atoms in total. The first-order valence-electron chi connectivity index (χ1n) is 14.8. The second-order valence-electron chi connectivity index (χ2n) is 11.2. The molecular formula is C31H41Cl2N7O4. The van der Waals surface area contributed by atoms with Gasteiger partial charge in [-0.1, -0.05) is 12.1 Å². The van der Waals surface area contributed by atoms with Crippen molar-refractivity contribution in [2.24, 2.45) is 0 Å². The van der Waals surface area contributed by atoms with E-state index >= 15 is 0 Å². The van der Waals surface area contributed by atoms with Crippen LogP contribution in [-0.2, 0) is 4.74 Å². The van der Waals surface area contributed by atoms with Crippen LogP contribution < -0.4 is 15.5 Å². The van der Waals surface area contributed by atoms with E-state index in [-0.39, 0.29) is 30.6 Å². The Morgan fingerprint density at radius 2 is 1.73 bits per heavy atom. The van der Waals surface area contributed by atoms with E-state index in [1.165, 1.54) is 0 Å². The molecule has 0 unspecified atom stereocenters. The van der Waals surface area contributed by atoms with E-state index in [1.807, 2.05) is 36.4 Å². The van der Waals surface area contributed by atoms with Crippen LogP contribution in [0.5, 0.6) is 5.75 Å². The Morgan fingerprint density at radius 1 is 1.00 bits per heavy atom. The number of amides is 2. The number of carbonyl (C=O) groups is 2. The molecule has 2 aliphatic heterocycles. The monoisotopic (exact) mass is 645 g/mol. The molecule has 44 heavy (non-hydrogen) atoms. The van der Waals surface area contributed by atoms with E-state index in [2.05, 4.69) is 44.6 Å². The minimum Gasteiger partial charge on any atom is -0.494 e. The number of ketones is 1. The molecule has 3 heterocycles. The molecule has 3 aliphatic rings. The normalized spacial score (nSPS) is 16.9. The summed E-state index contributed by atoms with van der Waals surface area (Å²) < 4.78 is 11.3. The number of aromatic nitrogens is 2. The number of benzene rings is 2. The van der Waals surface area contributed by atoms with Crippen molar-refractivity contribution in [3.05, 3.63) is 53.6 Å². The van der Waals surface area contributed by atoms with Crippen molar-refractivity contribution in [3.63, 3.8) is 0 Å². The van der Waals surface area contributed by atoms with Gasteiger partial charge in [0, 0.05) is 63.0 Å². The summed E-state index contributed by atoms with van der Waals surface area (Å²) in [6.45, 7) is 13.1. The molecule has 0 bridgehead atoms. The Hall–Kier alpha value is -3.19. The number of nitrogens with zero attached hydrogens (tertiary/aromatic N) is 4. The summed E-state index contributed by atoms with van der Waals surface area (Å²) in [4.78, 5) is 31.4. The number of ether oxygens (including phenoxy) is 2. The summed E-state index contributed by atoms with van der Waals surface area (Å²) in [5, 5.41) is 12.2. The summed E-state index contributed by atoms with van der Waals surface area (Å²) in [7, 11) is 0. The summed E-state index contributed by atoms with van der Waals surface area (Å²) in [5.41, 5.74) is 7.06. The number of halogens is 2. The molecule has 0 atom stereocenters. The second-order valence-corrected chi connectivity index (χ2v) is 11.2. The molecule has 2 saturated heterocycles. The highest BCUT2D eigenvalue weighted by Crippen LogP contribution is 2.43. The second kappa shape index (κ2) is 15.2. The number of aromatic amines is 1. The molecule has 0 saturated carbocycles. The van der Waals surface area contributed by atoms with Crippen LogP contribution in [0.1, 0.15) is 36.2 Å². The average Bonchev–Trinajstić information content (AvgIpc) is 3.56. The quantitative estimate of drug-likeness (QED) is 0.231. The number of hydrogen-bond acceptors (Lipinski definition) is 8. The maximum Gasteiger partial charge on any atom is 0.333 e. The van der Waals surface area contributed by atoms with Gasteiger partial charge in [0.2, 0.25) is 0 Å². The molecule has 13 heteroatoms. The first-order valence-corrected chi connectivity index (χ1v) is 14.8. The number of morpholine rings is 1. The van der Waals surface area contributed by atoms with E-state index in [9.17, 15) is 9.59 Å². The van der Waals surface area contributed by atoms with Crippen LogP contribution in [0.2, 0.25) is 0 Å². The molecule has 2 amide bonds. The number of rotatable bonds is 9. The highest BCUT2D eigenvalue weighted by Gasteiger charge is 2.35. The number of carbonyl (C=O) groups excluding carboxylic acids is 2. The molecular weight excluding hydrogens is 605 g/mol. The van der Waals surface area contributed by atoms with Crippen molar-refractivity contribution in [1.29, 1.82) is 0 Å². The Kier molecular flexibility index (Phi) is 11.6. The van der Waals surface area contributed by atoms with E-state index in [4.69, 9.17) is 9.47 Å². The van der Waals surface area contributed by atoms with Crippen molar-refractivity contribution in [1.82, 2.24) is 30.4 Å². The maximum absolute atomic E-state index is 13.7. The van der Waals surface area contributed by atoms with Crippen molar-refractivity contribution < 1.29 is 19.1 Å². The van der Waals surface area contributed by atoms with Gasteiger partial charge in [0.1, 0.15) is 11.4 Å². The number of hydrazine groups is 1. The third-order valence-corrected chi connectivity index (χ3v) is 8.23. The summed E-state index contributed by atoms with van der Waals surface area (Å²) in [6, 6.07) is 13.4. The molecule has 1 aromatic heterocycles. The lowest BCUT2D eigenvalue weighted by atomic mass is 10.0. The van der Waals surface area contributed by atoms with Gasteiger partial charge >= 0.3 is 6.03 Å². The van der Waals surface area contributed by atoms with Gasteiger partial charge in [-0.2, -0.15) is 5.10 Å². The summed E-state index contributed by atoms with van der Waals surface area (Å²) in [6.07, 6.45) is 0.976. The number of anilines is 1. The zero-order valence-corrected chi connectivity index (χ0v) is 26.8. The van der Waals surface area contributed by atoms with Crippen LogP contribution >= 0.6 is 24.8 Å². The fraction of sp³-hybridized carbons (Fsp3) is 0.452. The van der Waals surface area contributed by atoms with Gasteiger partial charge in [-0.3, -0.25) is 20.2 Å². The SMILES string of the molecule is CC(C)N1CCN(CCCOc2ccc(-c3n[nH]c4c3C(=O)c3c(NC(=O)NN5CCOCC5)cccc3-4)cc2)CC1.Cl.Cl. The summed E-state index contributed by atoms with van der Waals surface area (Å²) in [5.74, 6) is 0.628. The Balaban J connectivity index is 0.00000221. The van der Waals surface area contributed by atoms with E-state index in [0.29, 0.717) is 67.2 Å². The zero-order chi connectivity index (χ0) is 29.1. The van der Waals surface area contributed by atoms with Gasteiger partial charge in [-0.25, -0.2) is 9.80 Å². The lowest BCUT2D eigenvalue weighted by Crippen LogP contribution is -2.49. The minimum absolute atomic E-state index is 0. The lowest BCUT2D eigenvalue weighted by molar-refractivity contribution is 0.0207. The van der Waals surface area contributed by atoms with Crippen molar-refractivity contribution in [2.45, 2.75) is 26.3 Å². The van der Waals surface area contributed by atoms with Gasteiger partial charge in [0.15, 0.2) is 5.78 Å². The summed E-state index contributed by atoms with van der Waals surface area (Å²) >= 11 is 0. The van der Waals surface area contributed by atoms with Crippen LogP contribution in [-0.4, -0.2) is 108 Å². The van der Waals surface area contributed by atoms with Crippen LogP contribution in [0.25, 0.3) is 22.5 Å². The molecule has 0 spiro atoms. The van der Waals surface area contributed by atoms with Crippen molar-refractivity contribution >= 4 is 42.3 Å². The topological polar surface area (TPSA) is 115 Å². The predicted octanol–water partition coefficient (Wildman–Crippen LogP) is 4.30. The van der Waals surface area contributed by atoms with Crippen LogP contribution in [0.4, 0.5) is 10.5 Å². The molecule has 238 valence electrons. The molecule has 6 rings (SSSR count). The van der Waals surface area contributed by atoms with E-state index < -0.39 is 6.03 Å². The first kappa shape index (κ1) is 33.7. The minimum atomic E-state index is -0.392. The Bertz CT molecular complexity index is 1420. The first-order chi connectivity index (χ1) is 20.5. The molecule has 1 aliphatic carbocycles. The van der Waals surface area contributed by atoms with Gasteiger partial charge in [0.05, 0.1) is 42.3 Å². The lowest BCUT2D eigenvalue weighted by Gasteiger charge is -2.36. The number of H-pyrrole nitrogens is 1. The fourth-order valence-corrected chi connectivity index (χ4v) is 5.86. The van der Waals surface area contributed by atoms with Crippen molar-refractivity contribution in [3.8, 4) is 28.3 Å². The molecule has 3 N–H and O–H groups in total. The van der Waals surface area contributed by atoms with Gasteiger partial charge in [-0.15, -0.1) is 24.8 Å². The number of hydrogen-bond donors (Lipinski definition) is 3. The largest absolute Gasteiger partial charge is 0.494 e. The van der Waals surface area contributed by atoms with E-state index in [0.717, 1.165) is 56.0 Å². The molecule has 3 aromatic rings. The van der Waals surface area contributed by atoms with E-state index in [1.54, 1.807) is 11.1 Å². The average molecular weight is 647 g/mol. The standard InChI is InChI=1S/C31H39N7O4.2ClH/c1-21(2)37-14-12-36(13-15-37)11-4-18-42-23-9-7-22(8-10-23)28-27-29(34-33-28)24-5-3-6-25(26(24)30(27)39)32-31(40)35-38-16-19-41-20-17-38;;/h3,5-10,21H,4,11-20H2,1-2H3,(H,33,34)(H2,32,35,40);2*1H. The third kappa shape index (κ3) is 7.36. The fourth-order valence-electron chi connectivity index (χ4n) is 5.86. The number of fused-ring (bicyclic) bond motifs is 3. The Morgan fingerprint density at radius 3 is 2.43 bits per heavy atom. The Labute approximate surface area is 270 Å². The maximum atomic E-state index is 13.7. The number of urea groups is 1. The smallest absolute Gasteiger partial charge is 0.333 e. The van der Waals surface area contributed by atoms with Gasteiger partial charge in [-0.05, 0) is 50.6 Å². The predicted molar refractivity (Wildman–Crippen MR) is 175 cm³/mol. The van der Waals surface area contributed by atoms with Crippen LogP contribution in [0.3, 0.4) is 0 Å². The highest BCUT2D eigenvalue weighted by atomic mass is 35.5. The zero-order valence-electron chi connectivity index (χ0n) is 25.1. The number of nitrogens with one attached hydrogen (secondary N) is 3.